The summed E-state index contributed by atoms with van der Waals surface area (Å²) in [5.74, 6) is -0.588. The van der Waals surface area contributed by atoms with Crippen LogP contribution in [0.5, 0.6) is 0 Å². The molecule has 16 heavy (non-hydrogen) atoms. The SMILES string of the molecule is Nc1ccc2sc(COC(=O)O)nc2c1F. The van der Waals surface area contributed by atoms with Crippen LogP contribution in [-0.2, 0) is 11.3 Å². The van der Waals surface area contributed by atoms with Crippen molar-refractivity contribution in [1.29, 1.82) is 0 Å². The van der Waals surface area contributed by atoms with E-state index in [-0.39, 0.29) is 17.8 Å². The first-order valence-corrected chi connectivity index (χ1v) is 5.08. The second kappa shape index (κ2) is 3.93. The van der Waals surface area contributed by atoms with Gasteiger partial charge in [-0.15, -0.1) is 11.3 Å². The lowest BCUT2D eigenvalue weighted by Crippen LogP contribution is -1.99. The second-order valence-electron chi connectivity index (χ2n) is 2.98. The highest BCUT2D eigenvalue weighted by atomic mass is 32.1. The highest BCUT2D eigenvalue weighted by molar-refractivity contribution is 7.18. The molecule has 2 aromatic rings. The van der Waals surface area contributed by atoms with E-state index >= 15 is 0 Å². The van der Waals surface area contributed by atoms with Gasteiger partial charge in [0.05, 0.1) is 10.4 Å². The van der Waals surface area contributed by atoms with Gasteiger partial charge in [-0.2, -0.15) is 0 Å². The van der Waals surface area contributed by atoms with Gasteiger partial charge in [0.1, 0.15) is 17.1 Å². The van der Waals surface area contributed by atoms with Crippen molar-refractivity contribution in [3.63, 3.8) is 0 Å². The third-order valence-corrected chi connectivity index (χ3v) is 2.89. The number of nitrogens with two attached hydrogens (primary N) is 1. The Hall–Kier alpha value is -1.89. The fourth-order valence-electron chi connectivity index (χ4n) is 1.21. The van der Waals surface area contributed by atoms with E-state index in [4.69, 9.17) is 10.8 Å². The van der Waals surface area contributed by atoms with Crippen LogP contribution in [0.25, 0.3) is 10.2 Å². The summed E-state index contributed by atoms with van der Waals surface area (Å²) >= 11 is 1.17. The summed E-state index contributed by atoms with van der Waals surface area (Å²) in [4.78, 5) is 14.1. The summed E-state index contributed by atoms with van der Waals surface area (Å²) in [7, 11) is 0. The molecule has 2 rings (SSSR count). The number of rotatable bonds is 2. The van der Waals surface area contributed by atoms with Crippen LogP contribution in [0.2, 0.25) is 0 Å². The van der Waals surface area contributed by atoms with Gasteiger partial charge in [0.15, 0.2) is 5.82 Å². The fourth-order valence-corrected chi connectivity index (χ4v) is 2.09. The van der Waals surface area contributed by atoms with E-state index < -0.39 is 12.0 Å². The molecule has 0 radical (unpaired) electrons. The molecule has 0 aliphatic rings. The van der Waals surface area contributed by atoms with E-state index in [0.717, 1.165) is 0 Å². The number of thiazole rings is 1. The van der Waals surface area contributed by atoms with Gasteiger partial charge in [-0.1, -0.05) is 0 Å². The van der Waals surface area contributed by atoms with E-state index in [2.05, 4.69) is 9.72 Å². The zero-order valence-electron chi connectivity index (χ0n) is 7.94. The molecule has 1 heterocycles. The maximum Gasteiger partial charge on any atom is 0.506 e. The maximum absolute atomic E-state index is 13.5. The van der Waals surface area contributed by atoms with Crippen molar-refractivity contribution < 1.29 is 19.0 Å². The Morgan fingerprint density at radius 1 is 1.62 bits per heavy atom. The molecule has 0 spiro atoms. The molecule has 0 aliphatic heterocycles. The van der Waals surface area contributed by atoms with Crippen LogP contribution >= 0.6 is 11.3 Å². The lowest BCUT2D eigenvalue weighted by Gasteiger charge is -1.94. The van der Waals surface area contributed by atoms with E-state index in [1.807, 2.05) is 0 Å². The number of hydrogen-bond donors (Lipinski definition) is 2. The lowest BCUT2D eigenvalue weighted by atomic mass is 10.3. The van der Waals surface area contributed by atoms with Gasteiger partial charge in [-0.25, -0.2) is 14.2 Å². The maximum atomic E-state index is 13.5. The summed E-state index contributed by atoms with van der Waals surface area (Å²) in [6, 6.07) is 3.08. The number of fused-ring (bicyclic) bond motifs is 1. The fraction of sp³-hybridized carbons (Fsp3) is 0.111. The Morgan fingerprint density at radius 2 is 2.38 bits per heavy atom. The minimum atomic E-state index is -1.39. The number of carboxylic acid groups (broad SMARTS) is 1. The van der Waals surface area contributed by atoms with Gasteiger partial charge in [0.25, 0.3) is 0 Å². The number of carbonyl (C=O) groups is 1. The molecule has 0 atom stereocenters. The van der Waals surface area contributed by atoms with Crippen LogP contribution in [-0.4, -0.2) is 16.2 Å². The summed E-state index contributed by atoms with van der Waals surface area (Å²) < 4.78 is 18.4. The Labute approximate surface area is 93.3 Å². The zero-order chi connectivity index (χ0) is 11.7. The van der Waals surface area contributed by atoms with Crippen molar-refractivity contribution in [2.24, 2.45) is 0 Å². The molecule has 0 saturated carbocycles. The van der Waals surface area contributed by atoms with Crippen LogP contribution in [0.15, 0.2) is 12.1 Å². The van der Waals surface area contributed by atoms with Gasteiger partial charge < -0.3 is 15.6 Å². The van der Waals surface area contributed by atoms with Crippen molar-refractivity contribution >= 4 is 33.4 Å². The number of benzene rings is 1. The van der Waals surface area contributed by atoms with Crippen molar-refractivity contribution in [2.45, 2.75) is 6.61 Å². The van der Waals surface area contributed by atoms with Crippen molar-refractivity contribution in [1.82, 2.24) is 4.98 Å². The summed E-state index contributed by atoms with van der Waals surface area (Å²) in [5, 5.41) is 8.70. The molecule has 1 aromatic heterocycles. The molecule has 0 saturated heterocycles. The van der Waals surface area contributed by atoms with Crippen LogP contribution < -0.4 is 5.73 Å². The lowest BCUT2D eigenvalue weighted by molar-refractivity contribution is 0.0853. The Morgan fingerprint density at radius 3 is 3.06 bits per heavy atom. The molecule has 5 nitrogen and oxygen atoms in total. The van der Waals surface area contributed by atoms with Gasteiger partial charge in [0.2, 0.25) is 0 Å². The molecule has 0 bridgehead atoms. The zero-order valence-corrected chi connectivity index (χ0v) is 8.75. The summed E-state index contributed by atoms with van der Waals surface area (Å²) in [6.07, 6.45) is -1.39. The molecule has 0 aliphatic carbocycles. The highest BCUT2D eigenvalue weighted by Gasteiger charge is 2.11. The third-order valence-electron chi connectivity index (χ3n) is 1.89. The summed E-state index contributed by atoms with van der Waals surface area (Å²) in [6.45, 7) is -0.186. The quantitative estimate of drug-likeness (QED) is 0.623. The minimum absolute atomic E-state index is 0.0171. The van der Waals surface area contributed by atoms with Crippen molar-refractivity contribution in [2.75, 3.05) is 5.73 Å². The standard InChI is InChI=1S/C9H7FN2O3S/c10-7-4(11)1-2-5-8(7)12-6(16-5)3-15-9(13)14/h1-2H,3,11H2,(H,13,14). The summed E-state index contributed by atoms with van der Waals surface area (Å²) in [5.41, 5.74) is 5.55. The molecular formula is C9H7FN2O3S. The minimum Gasteiger partial charge on any atom is -0.450 e. The molecule has 0 fully saturated rings. The third kappa shape index (κ3) is 1.89. The molecule has 1 aromatic carbocycles. The molecule has 3 N–H and O–H groups in total. The van der Waals surface area contributed by atoms with Crippen LogP contribution in [0, 0.1) is 5.82 Å². The first kappa shape index (κ1) is 10.6. The number of aromatic nitrogens is 1. The van der Waals surface area contributed by atoms with Gasteiger partial charge in [-0.3, -0.25) is 0 Å². The van der Waals surface area contributed by atoms with Crippen molar-refractivity contribution in [3.8, 4) is 0 Å². The molecule has 0 amide bonds. The topological polar surface area (TPSA) is 85.4 Å². The first-order chi connectivity index (χ1) is 7.58. The van der Waals surface area contributed by atoms with E-state index in [1.165, 1.54) is 17.4 Å². The number of nitrogens with zero attached hydrogens (tertiary/aromatic N) is 1. The monoisotopic (exact) mass is 242 g/mol. The normalized spacial score (nSPS) is 10.6. The van der Waals surface area contributed by atoms with Crippen LogP contribution in [0.3, 0.4) is 0 Å². The largest absolute Gasteiger partial charge is 0.506 e. The van der Waals surface area contributed by atoms with Gasteiger partial charge in [0, 0.05) is 0 Å². The number of nitrogen functional groups attached to an aromatic ring is 1. The molecule has 7 heteroatoms. The predicted octanol–water partition coefficient (Wildman–Crippen LogP) is 2.21. The molecule has 0 unspecified atom stereocenters. The number of hydrogen-bond acceptors (Lipinski definition) is 5. The number of anilines is 1. The average Bonchev–Trinajstić information content (AvgIpc) is 2.64. The van der Waals surface area contributed by atoms with E-state index in [0.29, 0.717) is 9.71 Å². The molecule has 84 valence electrons. The predicted molar refractivity (Wildman–Crippen MR) is 56.8 cm³/mol. The van der Waals surface area contributed by atoms with E-state index in [9.17, 15) is 9.18 Å². The number of halogens is 1. The number of ether oxygens (including phenoxy) is 1. The Bertz CT molecular complexity index is 555. The van der Waals surface area contributed by atoms with Gasteiger partial charge >= 0.3 is 6.16 Å². The first-order valence-electron chi connectivity index (χ1n) is 4.27. The van der Waals surface area contributed by atoms with Crippen molar-refractivity contribution in [3.05, 3.63) is 23.0 Å². The van der Waals surface area contributed by atoms with Crippen LogP contribution in [0.1, 0.15) is 5.01 Å². The Kier molecular flexibility index (Phi) is 2.61. The second-order valence-corrected chi connectivity index (χ2v) is 4.09. The average molecular weight is 242 g/mol. The molecular weight excluding hydrogens is 235 g/mol. The van der Waals surface area contributed by atoms with E-state index in [1.54, 1.807) is 6.07 Å². The highest BCUT2D eigenvalue weighted by Crippen LogP contribution is 2.27. The Balaban J connectivity index is 2.36. The smallest absolute Gasteiger partial charge is 0.450 e. The van der Waals surface area contributed by atoms with Gasteiger partial charge in [-0.05, 0) is 12.1 Å². The van der Waals surface area contributed by atoms with Crippen LogP contribution in [0.4, 0.5) is 14.9 Å².